The van der Waals surface area contributed by atoms with Gasteiger partial charge in [0.15, 0.2) is 0 Å². The first-order valence-corrected chi connectivity index (χ1v) is 6.98. The summed E-state index contributed by atoms with van der Waals surface area (Å²) in [5, 5.41) is 11.6. The van der Waals surface area contributed by atoms with Gasteiger partial charge in [0.05, 0.1) is 12.5 Å². The molecule has 0 heterocycles. The fourth-order valence-corrected chi connectivity index (χ4v) is 2.01. The first-order chi connectivity index (χ1) is 9.21. The van der Waals surface area contributed by atoms with Crippen molar-refractivity contribution in [2.24, 2.45) is 5.92 Å². The van der Waals surface area contributed by atoms with E-state index in [9.17, 15) is 4.79 Å². The minimum absolute atomic E-state index is 0.0961. The molecule has 1 rings (SSSR count). The van der Waals surface area contributed by atoms with Gasteiger partial charge in [-0.15, -0.1) is 0 Å². The number of rotatable bonds is 7. The largest absolute Gasteiger partial charge is 0.326 e. The van der Waals surface area contributed by atoms with Gasteiger partial charge in [0.2, 0.25) is 5.91 Å². The fraction of sp³-hybridized carbons (Fsp3) is 0.500. The van der Waals surface area contributed by atoms with E-state index in [1.165, 1.54) is 0 Å². The molecule has 1 unspecified atom stereocenters. The van der Waals surface area contributed by atoms with Crippen LogP contribution in [-0.2, 0) is 11.2 Å². The summed E-state index contributed by atoms with van der Waals surface area (Å²) in [5.74, 6) is 0.197. The second kappa shape index (κ2) is 8.31. The number of carbonyl (C=O) groups is 1. The predicted molar refractivity (Wildman–Crippen MR) is 77.7 cm³/mol. The SMILES string of the molecule is CCCCC(CC)C(=O)Nc1ccc(CC#N)cc1. The van der Waals surface area contributed by atoms with E-state index in [1.807, 2.05) is 24.3 Å². The number of hydrogen-bond donors (Lipinski definition) is 1. The second-order valence-electron chi connectivity index (χ2n) is 4.77. The summed E-state index contributed by atoms with van der Waals surface area (Å²) in [4.78, 5) is 12.1. The molecule has 1 atom stereocenters. The van der Waals surface area contributed by atoms with E-state index in [-0.39, 0.29) is 11.8 Å². The standard InChI is InChI=1S/C16H22N2O/c1-3-5-6-14(4-2)16(19)18-15-9-7-13(8-10-15)11-12-17/h7-10,14H,3-6,11H2,1-2H3,(H,18,19). The van der Waals surface area contributed by atoms with Crippen LogP contribution in [0.4, 0.5) is 5.69 Å². The molecule has 3 nitrogen and oxygen atoms in total. The predicted octanol–water partition coefficient (Wildman–Crippen LogP) is 3.91. The van der Waals surface area contributed by atoms with Crippen molar-refractivity contribution in [2.75, 3.05) is 5.32 Å². The lowest BCUT2D eigenvalue weighted by Gasteiger charge is -2.14. The highest BCUT2D eigenvalue weighted by Gasteiger charge is 2.15. The Morgan fingerprint density at radius 1 is 1.32 bits per heavy atom. The van der Waals surface area contributed by atoms with Crippen molar-refractivity contribution in [1.29, 1.82) is 5.26 Å². The molecule has 0 aliphatic rings. The molecule has 0 saturated heterocycles. The Kier molecular flexibility index (Phi) is 6.67. The van der Waals surface area contributed by atoms with E-state index in [0.717, 1.165) is 36.9 Å². The number of nitriles is 1. The van der Waals surface area contributed by atoms with Crippen molar-refractivity contribution in [3.05, 3.63) is 29.8 Å². The molecule has 0 aliphatic carbocycles. The number of nitrogens with zero attached hydrogens (tertiary/aromatic N) is 1. The van der Waals surface area contributed by atoms with E-state index < -0.39 is 0 Å². The van der Waals surface area contributed by atoms with Gasteiger partial charge in [-0.1, -0.05) is 38.8 Å². The van der Waals surface area contributed by atoms with Crippen LogP contribution in [-0.4, -0.2) is 5.91 Å². The van der Waals surface area contributed by atoms with Crippen LogP contribution in [0.3, 0.4) is 0 Å². The maximum atomic E-state index is 12.1. The Morgan fingerprint density at radius 3 is 2.53 bits per heavy atom. The van der Waals surface area contributed by atoms with Gasteiger partial charge in [-0.3, -0.25) is 4.79 Å². The molecule has 0 saturated carbocycles. The summed E-state index contributed by atoms with van der Waals surface area (Å²) >= 11 is 0. The molecule has 0 bridgehead atoms. The summed E-state index contributed by atoms with van der Waals surface area (Å²) in [5.41, 5.74) is 1.78. The third-order valence-corrected chi connectivity index (χ3v) is 3.27. The van der Waals surface area contributed by atoms with Gasteiger partial charge >= 0.3 is 0 Å². The van der Waals surface area contributed by atoms with Crippen LogP contribution < -0.4 is 5.32 Å². The average Bonchev–Trinajstić information content (AvgIpc) is 2.42. The second-order valence-corrected chi connectivity index (χ2v) is 4.77. The molecule has 0 spiro atoms. The fourth-order valence-electron chi connectivity index (χ4n) is 2.01. The monoisotopic (exact) mass is 258 g/mol. The van der Waals surface area contributed by atoms with E-state index in [1.54, 1.807) is 0 Å². The van der Waals surface area contributed by atoms with E-state index in [2.05, 4.69) is 25.2 Å². The van der Waals surface area contributed by atoms with E-state index in [0.29, 0.717) is 6.42 Å². The molecule has 1 aromatic carbocycles. The van der Waals surface area contributed by atoms with Crippen molar-refractivity contribution < 1.29 is 4.79 Å². The van der Waals surface area contributed by atoms with Crippen LogP contribution in [0.5, 0.6) is 0 Å². The summed E-state index contributed by atoms with van der Waals surface area (Å²) in [6, 6.07) is 9.59. The summed E-state index contributed by atoms with van der Waals surface area (Å²) < 4.78 is 0. The maximum Gasteiger partial charge on any atom is 0.227 e. The molecule has 1 N–H and O–H groups in total. The number of anilines is 1. The number of hydrogen-bond acceptors (Lipinski definition) is 2. The lowest BCUT2D eigenvalue weighted by molar-refractivity contribution is -0.120. The van der Waals surface area contributed by atoms with Crippen LogP contribution in [0.25, 0.3) is 0 Å². The molecule has 19 heavy (non-hydrogen) atoms. The van der Waals surface area contributed by atoms with Crippen LogP contribution in [0, 0.1) is 17.2 Å². The zero-order valence-electron chi connectivity index (χ0n) is 11.8. The summed E-state index contributed by atoms with van der Waals surface area (Å²) in [6.45, 7) is 4.19. The van der Waals surface area contributed by atoms with Crippen molar-refractivity contribution in [3.8, 4) is 6.07 Å². The third-order valence-electron chi connectivity index (χ3n) is 3.27. The highest BCUT2D eigenvalue weighted by atomic mass is 16.1. The van der Waals surface area contributed by atoms with Gasteiger partial charge < -0.3 is 5.32 Å². The molecular formula is C16H22N2O. The first kappa shape index (κ1) is 15.2. The highest BCUT2D eigenvalue weighted by Crippen LogP contribution is 2.16. The average molecular weight is 258 g/mol. The Bertz CT molecular complexity index is 431. The van der Waals surface area contributed by atoms with Crippen LogP contribution in [0.15, 0.2) is 24.3 Å². The van der Waals surface area contributed by atoms with E-state index >= 15 is 0 Å². The molecule has 3 heteroatoms. The van der Waals surface area contributed by atoms with Crippen molar-refractivity contribution in [2.45, 2.75) is 46.0 Å². The zero-order chi connectivity index (χ0) is 14.1. The number of unbranched alkanes of at least 4 members (excludes halogenated alkanes) is 1. The van der Waals surface area contributed by atoms with E-state index in [4.69, 9.17) is 5.26 Å². The molecule has 0 fully saturated rings. The normalized spacial score (nSPS) is 11.6. The number of benzene rings is 1. The number of nitrogens with one attached hydrogen (secondary N) is 1. The van der Waals surface area contributed by atoms with Crippen LogP contribution >= 0.6 is 0 Å². The molecule has 102 valence electrons. The topological polar surface area (TPSA) is 52.9 Å². The Hall–Kier alpha value is -1.82. The minimum atomic E-state index is 0.0961. The van der Waals surface area contributed by atoms with Crippen molar-refractivity contribution in [1.82, 2.24) is 0 Å². The third kappa shape index (κ3) is 5.13. The van der Waals surface area contributed by atoms with Gasteiger partial charge in [0, 0.05) is 11.6 Å². The smallest absolute Gasteiger partial charge is 0.227 e. The number of carbonyl (C=O) groups excluding carboxylic acids is 1. The lowest BCUT2D eigenvalue weighted by Crippen LogP contribution is -2.22. The van der Waals surface area contributed by atoms with Gasteiger partial charge in [-0.05, 0) is 30.5 Å². The van der Waals surface area contributed by atoms with Crippen molar-refractivity contribution >= 4 is 11.6 Å². The minimum Gasteiger partial charge on any atom is -0.326 e. The highest BCUT2D eigenvalue weighted by molar-refractivity contribution is 5.92. The van der Waals surface area contributed by atoms with Gasteiger partial charge in [0.25, 0.3) is 0 Å². The molecule has 0 aromatic heterocycles. The molecule has 0 aliphatic heterocycles. The molecule has 0 radical (unpaired) electrons. The van der Waals surface area contributed by atoms with Gasteiger partial charge in [0.1, 0.15) is 0 Å². The molecule has 1 aromatic rings. The quantitative estimate of drug-likeness (QED) is 0.806. The van der Waals surface area contributed by atoms with Crippen LogP contribution in [0.1, 0.15) is 45.1 Å². The Balaban J connectivity index is 2.57. The summed E-state index contributed by atoms with van der Waals surface area (Å²) in [7, 11) is 0. The first-order valence-electron chi connectivity index (χ1n) is 6.98. The summed E-state index contributed by atoms with van der Waals surface area (Å²) in [6.07, 6.45) is 4.44. The molecular weight excluding hydrogens is 236 g/mol. The maximum absolute atomic E-state index is 12.1. The van der Waals surface area contributed by atoms with Crippen molar-refractivity contribution in [3.63, 3.8) is 0 Å². The Labute approximate surface area is 115 Å². The number of amides is 1. The van der Waals surface area contributed by atoms with Gasteiger partial charge in [-0.2, -0.15) is 5.26 Å². The van der Waals surface area contributed by atoms with Gasteiger partial charge in [-0.25, -0.2) is 0 Å². The lowest BCUT2D eigenvalue weighted by atomic mass is 9.98. The van der Waals surface area contributed by atoms with Crippen LogP contribution in [0.2, 0.25) is 0 Å². The Morgan fingerprint density at radius 2 is 2.00 bits per heavy atom. The molecule has 1 amide bonds. The zero-order valence-corrected chi connectivity index (χ0v) is 11.8.